The predicted molar refractivity (Wildman–Crippen MR) is 48.8 cm³/mol. The van der Waals surface area contributed by atoms with E-state index in [9.17, 15) is 4.79 Å². The fraction of sp³-hybridized carbons (Fsp3) is 0.636. The van der Waals surface area contributed by atoms with Crippen molar-refractivity contribution in [1.82, 2.24) is 0 Å². The van der Waals surface area contributed by atoms with Crippen molar-refractivity contribution in [2.24, 2.45) is 11.8 Å². The maximum Gasteiger partial charge on any atom is 0.158 e. The molecule has 0 aromatic rings. The number of hydrogen-bond donors (Lipinski definition) is 0. The summed E-state index contributed by atoms with van der Waals surface area (Å²) in [4.78, 5) is 11.6. The Morgan fingerprint density at radius 1 is 1.46 bits per heavy atom. The molecule has 2 aliphatic rings. The van der Waals surface area contributed by atoms with E-state index >= 15 is 0 Å². The van der Waals surface area contributed by atoms with Crippen LogP contribution in [0.4, 0.5) is 0 Å². The van der Waals surface area contributed by atoms with E-state index in [0.717, 1.165) is 31.3 Å². The molecule has 0 saturated heterocycles. The molecular weight excluding hydrogens is 162 g/mol. The Kier molecular flexibility index (Phi) is 2.18. The molecule has 0 N–H and O–H groups in total. The molecular formula is C11H13NO. The van der Waals surface area contributed by atoms with Crippen LogP contribution in [0.15, 0.2) is 11.6 Å². The van der Waals surface area contributed by atoms with Crippen LogP contribution >= 0.6 is 0 Å². The summed E-state index contributed by atoms with van der Waals surface area (Å²) < 4.78 is 0. The zero-order chi connectivity index (χ0) is 9.26. The standard InChI is InChI=1S/C11H13NO/c12-7-8-5-6-10-9(8)3-1-2-4-11(10)13/h6,8-9H,1-5H2/t8-,9+/m0/s1. The Hall–Kier alpha value is -1.10. The fourth-order valence-corrected chi connectivity index (χ4v) is 2.40. The van der Waals surface area contributed by atoms with Crippen LogP contribution < -0.4 is 0 Å². The number of carbonyl (C=O) groups is 1. The molecule has 0 amide bonds. The molecule has 1 fully saturated rings. The highest BCUT2D eigenvalue weighted by molar-refractivity contribution is 5.96. The summed E-state index contributed by atoms with van der Waals surface area (Å²) in [5.41, 5.74) is 0.962. The lowest BCUT2D eigenvalue weighted by Gasteiger charge is -2.13. The molecule has 0 aliphatic heterocycles. The number of nitriles is 1. The van der Waals surface area contributed by atoms with E-state index in [1.807, 2.05) is 6.08 Å². The van der Waals surface area contributed by atoms with Gasteiger partial charge in [0, 0.05) is 12.3 Å². The molecule has 0 aromatic carbocycles. The highest BCUT2D eigenvalue weighted by atomic mass is 16.1. The van der Waals surface area contributed by atoms with Crippen LogP contribution in [-0.4, -0.2) is 5.78 Å². The predicted octanol–water partition coefficient (Wildman–Crippen LogP) is 2.22. The van der Waals surface area contributed by atoms with Gasteiger partial charge in [-0.25, -0.2) is 0 Å². The van der Waals surface area contributed by atoms with Crippen LogP contribution in [0.1, 0.15) is 32.1 Å². The van der Waals surface area contributed by atoms with Crippen LogP contribution in [-0.2, 0) is 4.79 Å². The topological polar surface area (TPSA) is 40.9 Å². The minimum atomic E-state index is 0.0806. The van der Waals surface area contributed by atoms with Crippen LogP contribution in [0, 0.1) is 23.2 Å². The Bertz CT molecular complexity index is 298. The van der Waals surface area contributed by atoms with Crippen molar-refractivity contribution in [3.05, 3.63) is 11.6 Å². The SMILES string of the molecule is N#C[C@@H]1CC=C2C(=O)CCCC[C@@H]21. The van der Waals surface area contributed by atoms with Gasteiger partial charge in [0.1, 0.15) is 0 Å². The van der Waals surface area contributed by atoms with Crippen LogP contribution in [0.25, 0.3) is 0 Å². The molecule has 2 rings (SSSR count). The summed E-state index contributed by atoms with van der Waals surface area (Å²) in [6.45, 7) is 0. The Labute approximate surface area is 78.2 Å². The van der Waals surface area contributed by atoms with Gasteiger partial charge in [0.05, 0.1) is 12.0 Å². The van der Waals surface area contributed by atoms with E-state index < -0.39 is 0 Å². The molecule has 13 heavy (non-hydrogen) atoms. The summed E-state index contributed by atoms with van der Waals surface area (Å²) in [6.07, 6.45) is 6.63. The third-order valence-electron chi connectivity index (χ3n) is 3.13. The molecule has 0 unspecified atom stereocenters. The molecule has 0 bridgehead atoms. The quantitative estimate of drug-likeness (QED) is 0.566. The van der Waals surface area contributed by atoms with Crippen molar-refractivity contribution in [1.29, 1.82) is 5.26 Å². The molecule has 2 heteroatoms. The lowest BCUT2D eigenvalue weighted by atomic mass is 9.88. The molecule has 2 aliphatic carbocycles. The minimum Gasteiger partial charge on any atom is -0.295 e. The van der Waals surface area contributed by atoms with Crippen LogP contribution in [0.2, 0.25) is 0 Å². The highest BCUT2D eigenvalue weighted by Crippen LogP contribution is 2.38. The Morgan fingerprint density at radius 3 is 3.08 bits per heavy atom. The minimum absolute atomic E-state index is 0.0806. The average Bonchev–Trinajstić information content (AvgIpc) is 2.47. The van der Waals surface area contributed by atoms with Gasteiger partial charge in [0.2, 0.25) is 0 Å². The summed E-state index contributed by atoms with van der Waals surface area (Å²) in [5.74, 6) is 0.636. The van der Waals surface area contributed by atoms with Gasteiger partial charge in [0.25, 0.3) is 0 Å². The van der Waals surface area contributed by atoms with Crippen molar-refractivity contribution >= 4 is 5.78 Å². The van der Waals surface area contributed by atoms with Gasteiger partial charge in [-0.2, -0.15) is 5.26 Å². The zero-order valence-corrected chi connectivity index (χ0v) is 7.62. The molecule has 1 saturated carbocycles. The van der Waals surface area contributed by atoms with Gasteiger partial charge in [-0.1, -0.05) is 12.5 Å². The van der Waals surface area contributed by atoms with Gasteiger partial charge in [-0.3, -0.25) is 4.79 Å². The van der Waals surface area contributed by atoms with Crippen molar-refractivity contribution in [2.75, 3.05) is 0 Å². The zero-order valence-electron chi connectivity index (χ0n) is 7.62. The number of allylic oxidation sites excluding steroid dienone is 2. The summed E-state index contributed by atoms with van der Waals surface area (Å²) in [7, 11) is 0. The van der Waals surface area contributed by atoms with E-state index in [1.54, 1.807) is 0 Å². The maximum absolute atomic E-state index is 11.6. The Morgan fingerprint density at radius 2 is 2.31 bits per heavy atom. The van der Waals surface area contributed by atoms with Crippen molar-refractivity contribution < 1.29 is 4.79 Å². The summed E-state index contributed by atoms with van der Waals surface area (Å²) in [6, 6.07) is 2.31. The van der Waals surface area contributed by atoms with E-state index in [0.29, 0.717) is 12.2 Å². The van der Waals surface area contributed by atoms with Gasteiger partial charge in [0.15, 0.2) is 5.78 Å². The first kappa shape index (κ1) is 8.50. The third-order valence-corrected chi connectivity index (χ3v) is 3.13. The van der Waals surface area contributed by atoms with Crippen molar-refractivity contribution in [2.45, 2.75) is 32.1 Å². The fourth-order valence-electron chi connectivity index (χ4n) is 2.40. The third kappa shape index (κ3) is 1.39. The molecule has 0 spiro atoms. The van der Waals surface area contributed by atoms with E-state index in [-0.39, 0.29) is 11.8 Å². The molecule has 68 valence electrons. The number of hydrogen-bond acceptors (Lipinski definition) is 2. The van der Waals surface area contributed by atoms with Gasteiger partial charge in [-0.05, 0) is 24.8 Å². The molecule has 0 heterocycles. The lowest BCUT2D eigenvalue weighted by Crippen LogP contribution is -2.12. The summed E-state index contributed by atoms with van der Waals surface area (Å²) >= 11 is 0. The number of carbonyl (C=O) groups excluding carboxylic acids is 1. The first-order valence-corrected chi connectivity index (χ1v) is 4.96. The van der Waals surface area contributed by atoms with Crippen molar-refractivity contribution in [3.63, 3.8) is 0 Å². The first-order valence-electron chi connectivity index (χ1n) is 4.96. The largest absolute Gasteiger partial charge is 0.295 e. The number of ketones is 1. The molecule has 0 radical (unpaired) electrons. The smallest absolute Gasteiger partial charge is 0.158 e. The van der Waals surface area contributed by atoms with Crippen LogP contribution in [0.5, 0.6) is 0 Å². The monoisotopic (exact) mass is 175 g/mol. The first-order chi connectivity index (χ1) is 6.33. The Balaban J connectivity index is 2.23. The number of fused-ring (bicyclic) bond motifs is 1. The number of rotatable bonds is 0. The van der Waals surface area contributed by atoms with Crippen molar-refractivity contribution in [3.8, 4) is 6.07 Å². The van der Waals surface area contributed by atoms with E-state index in [1.165, 1.54) is 0 Å². The molecule has 0 aromatic heterocycles. The second-order valence-electron chi connectivity index (χ2n) is 3.91. The number of Topliss-reactive ketones (excluding diaryl/α,β-unsaturated/α-hetero) is 1. The molecule has 2 nitrogen and oxygen atoms in total. The maximum atomic E-state index is 11.6. The second kappa shape index (κ2) is 3.33. The van der Waals surface area contributed by atoms with E-state index in [4.69, 9.17) is 5.26 Å². The van der Waals surface area contributed by atoms with Gasteiger partial charge < -0.3 is 0 Å². The number of nitrogens with zero attached hydrogens (tertiary/aromatic N) is 1. The van der Waals surface area contributed by atoms with Gasteiger partial charge >= 0.3 is 0 Å². The second-order valence-corrected chi connectivity index (χ2v) is 3.91. The van der Waals surface area contributed by atoms with E-state index in [2.05, 4.69) is 6.07 Å². The average molecular weight is 175 g/mol. The normalized spacial score (nSPS) is 33.2. The highest BCUT2D eigenvalue weighted by Gasteiger charge is 2.34. The summed E-state index contributed by atoms with van der Waals surface area (Å²) in [5, 5.41) is 8.89. The van der Waals surface area contributed by atoms with Gasteiger partial charge in [-0.15, -0.1) is 0 Å². The van der Waals surface area contributed by atoms with Crippen LogP contribution in [0.3, 0.4) is 0 Å². The lowest BCUT2D eigenvalue weighted by molar-refractivity contribution is -0.115. The molecule has 2 atom stereocenters.